The van der Waals surface area contributed by atoms with Crippen LogP contribution in [0.1, 0.15) is 11.1 Å². The molecule has 2 aliphatic rings. The van der Waals surface area contributed by atoms with Crippen LogP contribution < -0.4 is 10.1 Å². The lowest BCUT2D eigenvalue weighted by molar-refractivity contribution is -0.116. The van der Waals surface area contributed by atoms with Crippen LogP contribution in [0, 0.1) is 5.82 Å². The van der Waals surface area contributed by atoms with Gasteiger partial charge in [-0.15, -0.1) is 0 Å². The van der Waals surface area contributed by atoms with Crippen molar-refractivity contribution in [3.05, 3.63) is 76.2 Å². The van der Waals surface area contributed by atoms with Crippen LogP contribution in [0.15, 0.2) is 64.2 Å². The number of carbonyl (C=O) groups excluding carboxylic acids is 1. The largest absolute Gasteiger partial charge is 0.495 e. The molecule has 0 aromatic heterocycles. The molecule has 1 N–H and O–H groups in total. The van der Waals surface area contributed by atoms with E-state index in [1.807, 2.05) is 18.2 Å². The Bertz CT molecular complexity index is 1120. The Morgan fingerprint density at radius 1 is 1.19 bits per heavy atom. The van der Waals surface area contributed by atoms with Gasteiger partial charge in [-0.25, -0.2) is 9.40 Å². The summed E-state index contributed by atoms with van der Waals surface area (Å²) in [5, 5.41) is 10.2. The van der Waals surface area contributed by atoms with E-state index in [9.17, 15) is 9.18 Å². The summed E-state index contributed by atoms with van der Waals surface area (Å²) in [7, 11) is 3.11. The van der Waals surface area contributed by atoms with Gasteiger partial charge in [-0.2, -0.15) is 5.10 Å². The number of nitrogens with zero attached hydrogens (tertiary/aromatic N) is 2. The highest BCUT2D eigenvalue weighted by molar-refractivity contribution is 8.14. The number of benzene rings is 2. The van der Waals surface area contributed by atoms with Gasteiger partial charge in [0.15, 0.2) is 0 Å². The second-order valence-electron chi connectivity index (χ2n) is 6.70. The Labute approximate surface area is 188 Å². The number of hydrogen-bond donors (Lipinski definition) is 1. The molecule has 0 spiro atoms. The molecule has 0 unspecified atom stereocenters. The molecule has 0 atom stereocenters. The number of nitrogens with one attached hydrogen (secondary N) is 1. The molecular formula is C22H19ClFN3O3S. The third kappa shape index (κ3) is 4.32. The summed E-state index contributed by atoms with van der Waals surface area (Å²) in [6.07, 6.45) is 3.65. The van der Waals surface area contributed by atoms with Crippen LogP contribution in [0.25, 0.3) is 5.57 Å². The first-order chi connectivity index (χ1) is 15.0. The van der Waals surface area contributed by atoms with Gasteiger partial charge in [-0.1, -0.05) is 35.5 Å². The maximum absolute atomic E-state index is 13.1. The van der Waals surface area contributed by atoms with Crippen LogP contribution in [0.3, 0.4) is 0 Å². The van der Waals surface area contributed by atoms with Crippen LogP contribution in [0.5, 0.6) is 5.75 Å². The Hall–Kier alpha value is -2.81. The van der Waals surface area contributed by atoms with Crippen molar-refractivity contribution in [1.82, 2.24) is 10.3 Å². The lowest BCUT2D eigenvalue weighted by Gasteiger charge is -2.31. The molecule has 0 saturated heterocycles. The van der Waals surface area contributed by atoms with Crippen LogP contribution in [0.4, 0.5) is 4.39 Å². The number of hydrogen-bond acceptors (Lipinski definition) is 6. The molecule has 0 fully saturated rings. The number of hydrazone groups is 1. The first-order valence-corrected chi connectivity index (χ1v) is 10.6. The van der Waals surface area contributed by atoms with Crippen LogP contribution in [-0.4, -0.2) is 36.8 Å². The fourth-order valence-corrected chi connectivity index (χ4v) is 4.49. The van der Waals surface area contributed by atoms with Crippen molar-refractivity contribution in [3.8, 4) is 5.75 Å². The van der Waals surface area contributed by atoms with E-state index in [-0.39, 0.29) is 18.4 Å². The van der Waals surface area contributed by atoms with Gasteiger partial charge in [0.05, 0.1) is 30.0 Å². The van der Waals surface area contributed by atoms with Crippen molar-refractivity contribution in [2.75, 3.05) is 20.9 Å². The zero-order valence-electron chi connectivity index (χ0n) is 16.8. The number of ether oxygens (including phenoxy) is 2. The summed E-state index contributed by atoms with van der Waals surface area (Å²) in [5.74, 6) is -0.0676. The zero-order valence-corrected chi connectivity index (χ0v) is 18.4. The van der Waals surface area contributed by atoms with E-state index in [1.54, 1.807) is 30.3 Å². The maximum Gasteiger partial charge on any atom is 0.255 e. The van der Waals surface area contributed by atoms with Gasteiger partial charge in [0.25, 0.3) is 5.91 Å². The van der Waals surface area contributed by atoms with E-state index in [4.69, 9.17) is 21.1 Å². The van der Waals surface area contributed by atoms with Crippen molar-refractivity contribution < 1.29 is 18.7 Å². The molecule has 2 aliphatic heterocycles. The second kappa shape index (κ2) is 9.13. The number of carbonyl (C=O) groups is 1. The molecule has 6 nitrogen and oxygen atoms in total. The minimum atomic E-state index is -0.289. The van der Waals surface area contributed by atoms with Crippen molar-refractivity contribution in [2.24, 2.45) is 5.10 Å². The van der Waals surface area contributed by atoms with Crippen molar-refractivity contribution in [1.29, 1.82) is 0 Å². The molecule has 0 bridgehead atoms. The van der Waals surface area contributed by atoms with Gasteiger partial charge in [0, 0.05) is 23.1 Å². The van der Waals surface area contributed by atoms with Gasteiger partial charge in [-0.05, 0) is 36.4 Å². The van der Waals surface area contributed by atoms with Crippen LogP contribution >= 0.6 is 23.4 Å². The molecule has 0 saturated carbocycles. The number of amides is 1. The Kier molecular flexibility index (Phi) is 6.31. The van der Waals surface area contributed by atoms with Crippen LogP contribution in [-0.2, 0) is 16.1 Å². The molecule has 4 rings (SSSR count). The van der Waals surface area contributed by atoms with Gasteiger partial charge in [0.2, 0.25) is 0 Å². The molecule has 9 heteroatoms. The minimum Gasteiger partial charge on any atom is -0.495 e. The minimum absolute atomic E-state index is 0.228. The molecule has 2 aromatic carbocycles. The number of fused-ring (bicyclic) bond motifs is 1. The fraction of sp³-hybridized carbons (Fsp3) is 0.182. The number of halogens is 2. The molecule has 2 heterocycles. The Morgan fingerprint density at radius 3 is 2.68 bits per heavy atom. The van der Waals surface area contributed by atoms with E-state index in [0.717, 1.165) is 10.5 Å². The van der Waals surface area contributed by atoms with Crippen molar-refractivity contribution in [3.63, 3.8) is 0 Å². The van der Waals surface area contributed by atoms with Crippen molar-refractivity contribution in [2.45, 2.75) is 11.5 Å². The monoisotopic (exact) mass is 459 g/mol. The van der Waals surface area contributed by atoms with E-state index < -0.39 is 0 Å². The normalized spacial score (nSPS) is 15.5. The van der Waals surface area contributed by atoms with Crippen molar-refractivity contribution >= 4 is 39.9 Å². The predicted octanol–water partition coefficient (Wildman–Crippen LogP) is 4.41. The number of methoxy groups -OCH3 is 2. The molecule has 31 heavy (non-hydrogen) atoms. The predicted molar refractivity (Wildman–Crippen MR) is 119 cm³/mol. The zero-order chi connectivity index (χ0) is 22.0. The average Bonchev–Trinajstić information content (AvgIpc) is 2.77. The SMILES string of the molecule is COCc1ccc(C2=C3C=CC(Sc4ccc(F)cc4)=NN3CNC2=O)c(Cl)c1OC. The third-order valence-electron chi connectivity index (χ3n) is 4.74. The fourth-order valence-electron chi connectivity index (χ4n) is 3.34. The first kappa shape index (κ1) is 21.4. The highest BCUT2D eigenvalue weighted by Crippen LogP contribution is 2.39. The lowest BCUT2D eigenvalue weighted by Crippen LogP contribution is -2.42. The standard InChI is InChI=1S/C22H19ClFN3O3S/c1-29-11-13-3-8-16(20(23)21(13)30-2)19-17-9-10-18(26-27(17)12-25-22(19)28)31-15-6-4-14(24)5-7-15/h3-10H,11-12H2,1-2H3,(H,25,28). The second-order valence-corrected chi connectivity index (χ2v) is 8.18. The summed E-state index contributed by atoms with van der Waals surface area (Å²) in [5.41, 5.74) is 2.37. The van der Waals surface area contributed by atoms with Crippen LogP contribution in [0.2, 0.25) is 5.02 Å². The summed E-state index contributed by atoms with van der Waals surface area (Å²) in [4.78, 5) is 13.6. The Balaban J connectivity index is 1.70. The maximum atomic E-state index is 13.1. The molecule has 160 valence electrons. The average molecular weight is 460 g/mol. The molecular weight excluding hydrogens is 441 g/mol. The molecule has 0 aliphatic carbocycles. The van der Waals surface area contributed by atoms with Gasteiger partial charge < -0.3 is 14.8 Å². The first-order valence-electron chi connectivity index (χ1n) is 9.36. The lowest BCUT2D eigenvalue weighted by atomic mass is 9.98. The molecule has 0 radical (unpaired) electrons. The van der Waals surface area contributed by atoms with E-state index >= 15 is 0 Å². The quantitative estimate of drug-likeness (QED) is 0.717. The summed E-state index contributed by atoms with van der Waals surface area (Å²) in [6, 6.07) is 9.81. The third-order valence-corrected chi connectivity index (χ3v) is 6.05. The van der Waals surface area contributed by atoms with Gasteiger partial charge in [0.1, 0.15) is 23.3 Å². The number of allylic oxidation sites excluding steroid dienone is 1. The summed E-state index contributed by atoms with van der Waals surface area (Å²) in [6.45, 7) is 0.563. The highest BCUT2D eigenvalue weighted by Gasteiger charge is 2.30. The topological polar surface area (TPSA) is 63.2 Å². The molecule has 1 amide bonds. The van der Waals surface area contributed by atoms with E-state index in [0.29, 0.717) is 39.3 Å². The molecule has 2 aromatic rings. The van der Waals surface area contributed by atoms with Gasteiger partial charge in [-0.3, -0.25) is 4.79 Å². The smallest absolute Gasteiger partial charge is 0.255 e. The highest BCUT2D eigenvalue weighted by atomic mass is 35.5. The number of rotatable bonds is 5. The summed E-state index contributed by atoms with van der Waals surface area (Å²) < 4.78 is 23.8. The van der Waals surface area contributed by atoms with E-state index in [2.05, 4.69) is 10.4 Å². The van der Waals surface area contributed by atoms with Gasteiger partial charge >= 0.3 is 0 Å². The number of thioether (sulfide) groups is 1. The van der Waals surface area contributed by atoms with E-state index in [1.165, 1.54) is 31.0 Å². The summed E-state index contributed by atoms with van der Waals surface area (Å²) >= 11 is 8.02. The Morgan fingerprint density at radius 2 is 1.97 bits per heavy atom.